The number of rotatable bonds is 2. The van der Waals surface area contributed by atoms with Crippen LogP contribution in [0.5, 0.6) is 0 Å². The van der Waals surface area contributed by atoms with Crippen molar-refractivity contribution in [1.29, 1.82) is 0 Å². The summed E-state index contributed by atoms with van der Waals surface area (Å²) in [6.07, 6.45) is 0. The third-order valence-electron chi connectivity index (χ3n) is 2.91. The zero-order chi connectivity index (χ0) is 11.7. The molecule has 1 aliphatic rings. The van der Waals surface area contributed by atoms with Crippen LogP contribution in [0.3, 0.4) is 0 Å². The molecule has 5 heteroatoms. The van der Waals surface area contributed by atoms with Gasteiger partial charge in [0.2, 0.25) is 0 Å². The number of nitrogens with one attached hydrogen (secondary N) is 1. The molecule has 0 aromatic heterocycles. The van der Waals surface area contributed by atoms with E-state index in [0.717, 1.165) is 0 Å². The normalized spacial score (nSPS) is 24.6. The highest BCUT2D eigenvalue weighted by Gasteiger charge is 2.35. The van der Waals surface area contributed by atoms with Crippen LogP contribution in [0.1, 0.15) is 11.5 Å². The summed E-state index contributed by atoms with van der Waals surface area (Å²) in [5.74, 6) is -2.09. The molecule has 3 nitrogen and oxygen atoms in total. The monoisotopic (exact) mass is 287 g/mol. The van der Waals surface area contributed by atoms with Gasteiger partial charge in [0.15, 0.2) is 0 Å². The SMILES string of the molecule is O=C(O)C1CNCC1c1cccc(Br)c1F. The van der Waals surface area contributed by atoms with E-state index in [0.29, 0.717) is 23.1 Å². The van der Waals surface area contributed by atoms with Gasteiger partial charge in [0.05, 0.1) is 10.4 Å². The van der Waals surface area contributed by atoms with Crippen LogP contribution >= 0.6 is 15.9 Å². The van der Waals surface area contributed by atoms with Crippen molar-refractivity contribution in [3.8, 4) is 0 Å². The van der Waals surface area contributed by atoms with Gasteiger partial charge in [0, 0.05) is 19.0 Å². The molecule has 16 heavy (non-hydrogen) atoms. The molecule has 1 aromatic rings. The lowest BCUT2D eigenvalue weighted by Gasteiger charge is -2.16. The van der Waals surface area contributed by atoms with Gasteiger partial charge in [-0.05, 0) is 27.6 Å². The van der Waals surface area contributed by atoms with Gasteiger partial charge in [-0.25, -0.2) is 4.39 Å². The molecule has 1 aliphatic heterocycles. The Kier molecular flexibility index (Phi) is 3.25. The Morgan fingerprint density at radius 2 is 2.25 bits per heavy atom. The smallest absolute Gasteiger partial charge is 0.308 e. The van der Waals surface area contributed by atoms with Gasteiger partial charge >= 0.3 is 5.97 Å². The second-order valence-electron chi connectivity index (χ2n) is 3.85. The highest BCUT2D eigenvalue weighted by molar-refractivity contribution is 9.10. The second-order valence-corrected chi connectivity index (χ2v) is 4.71. The topological polar surface area (TPSA) is 49.3 Å². The molecule has 2 atom stereocenters. The van der Waals surface area contributed by atoms with Gasteiger partial charge in [-0.15, -0.1) is 0 Å². The molecule has 2 unspecified atom stereocenters. The fraction of sp³-hybridized carbons (Fsp3) is 0.364. The summed E-state index contributed by atoms with van der Waals surface area (Å²) in [4.78, 5) is 11.0. The maximum Gasteiger partial charge on any atom is 0.308 e. The summed E-state index contributed by atoms with van der Waals surface area (Å²) in [5.41, 5.74) is 0.465. The van der Waals surface area contributed by atoms with E-state index < -0.39 is 11.9 Å². The Bertz CT molecular complexity index is 424. The molecular formula is C11H11BrFNO2. The molecule has 1 aromatic carbocycles. The Balaban J connectivity index is 2.36. The molecule has 1 heterocycles. The molecule has 0 bridgehead atoms. The zero-order valence-corrected chi connectivity index (χ0v) is 10.00. The summed E-state index contributed by atoms with van der Waals surface area (Å²) in [5, 5.41) is 12.0. The number of halogens is 2. The standard InChI is InChI=1S/C11H11BrFNO2/c12-9-3-1-2-6(10(9)13)7-4-14-5-8(7)11(15)16/h1-3,7-8,14H,4-5H2,(H,15,16). The lowest BCUT2D eigenvalue weighted by molar-refractivity contribution is -0.141. The van der Waals surface area contributed by atoms with E-state index in [2.05, 4.69) is 21.2 Å². The minimum Gasteiger partial charge on any atom is -0.481 e. The molecule has 0 amide bonds. The van der Waals surface area contributed by atoms with E-state index >= 15 is 0 Å². The van der Waals surface area contributed by atoms with Crippen molar-refractivity contribution in [2.24, 2.45) is 5.92 Å². The molecule has 1 saturated heterocycles. The Morgan fingerprint density at radius 1 is 1.50 bits per heavy atom. The van der Waals surface area contributed by atoms with Crippen LogP contribution in [0.25, 0.3) is 0 Å². The number of benzene rings is 1. The van der Waals surface area contributed by atoms with Crippen molar-refractivity contribution < 1.29 is 14.3 Å². The lowest BCUT2D eigenvalue weighted by atomic mass is 9.89. The maximum absolute atomic E-state index is 13.8. The predicted molar refractivity (Wildman–Crippen MR) is 60.8 cm³/mol. The number of carboxylic acid groups (broad SMARTS) is 1. The molecule has 1 fully saturated rings. The molecule has 0 aliphatic carbocycles. The molecular weight excluding hydrogens is 277 g/mol. The van der Waals surface area contributed by atoms with Gasteiger partial charge in [-0.3, -0.25) is 4.79 Å². The Morgan fingerprint density at radius 3 is 2.94 bits per heavy atom. The average Bonchev–Trinajstić information content (AvgIpc) is 2.70. The van der Waals surface area contributed by atoms with Gasteiger partial charge in [0.25, 0.3) is 0 Å². The summed E-state index contributed by atoms with van der Waals surface area (Å²) >= 11 is 3.11. The van der Waals surface area contributed by atoms with Crippen molar-refractivity contribution in [3.63, 3.8) is 0 Å². The molecule has 0 saturated carbocycles. The number of carbonyl (C=O) groups is 1. The first-order valence-corrected chi connectivity index (χ1v) is 5.78. The van der Waals surface area contributed by atoms with Crippen LogP contribution in [0.2, 0.25) is 0 Å². The van der Waals surface area contributed by atoms with Crippen molar-refractivity contribution in [3.05, 3.63) is 34.1 Å². The van der Waals surface area contributed by atoms with Crippen LogP contribution in [0, 0.1) is 11.7 Å². The van der Waals surface area contributed by atoms with E-state index in [1.54, 1.807) is 18.2 Å². The Hall–Kier alpha value is -0.940. The number of hydrogen-bond acceptors (Lipinski definition) is 2. The van der Waals surface area contributed by atoms with Crippen molar-refractivity contribution in [1.82, 2.24) is 5.32 Å². The molecule has 0 spiro atoms. The van der Waals surface area contributed by atoms with Crippen LogP contribution < -0.4 is 5.32 Å². The van der Waals surface area contributed by atoms with Crippen molar-refractivity contribution in [2.45, 2.75) is 5.92 Å². The lowest BCUT2D eigenvalue weighted by Crippen LogP contribution is -2.21. The fourth-order valence-corrected chi connectivity index (χ4v) is 2.45. The first kappa shape index (κ1) is 11.5. The van der Waals surface area contributed by atoms with E-state index in [1.807, 2.05) is 0 Å². The number of aliphatic carboxylic acids is 1. The van der Waals surface area contributed by atoms with E-state index in [9.17, 15) is 9.18 Å². The van der Waals surface area contributed by atoms with Crippen LogP contribution in [-0.4, -0.2) is 24.2 Å². The maximum atomic E-state index is 13.8. The fourth-order valence-electron chi connectivity index (χ4n) is 2.07. The molecule has 0 radical (unpaired) electrons. The van der Waals surface area contributed by atoms with Gasteiger partial charge in [-0.1, -0.05) is 12.1 Å². The number of hydrogen-bond donors (Lipinski definition) is 2. The van der Waals surface area contributed by atoms with Gasteiger partial charge in [-0.2, -0.15) is 0 Å². The minimum absolute atomic E-state index is 0.296. The van der Waals surface area contributed by atoms with Gasteiger partial charge in [0.1, 0.15) is 5.82 Å². The number of carboxylic acids is 1. The summed E-state index contributed by atoms with van der Waals surface area (Å²) in [6, 6.07) is 4.98. The quantitative estimate of drug-likeness (QED) is 0.875. The Labute approximate surface area is 101 Å². The second kappa shape index (κ2) is 4.51. The van der Waals surface area contributed by atoms with E-state index in [1.165, 1.54) is 0 Å². The van der Waals surface area contributed by atoms with Crippen molar-refractivity contribution in [2.75, 3.05) is 13.1 Å². The first-order valence-electron chi connectivity index (χ1n) is 4.98. The van der Waals surface area contributed by atoms with Gasteiger partial charge < -0.3 is 10.4 Å². The minimum atomic E-state index is -0.880. The highest BCUT2D eigenvalue weighted by atomic mass is 79.9. The predicted octanol–water partition coefficient (Wildman–Crippen LogP) is 1.98. The molecule has 2 rings (SSSR count). The molecule has 2 N–H and O–H groups in total. The summed E-state index contributed by atoms with van der Waals surface area (Å²) < 4.78 is 14.2. The summed E-state index contributed by atoms with van der Waals surface area (Å²) in [6.45, 7) is 0.899. The molecule has 86 valence electrons. The average molecular weight is 288 g/mol. The first-order chi connectivity index (χ1) is 7.61. The van der Waals surface area contributed by atoms with E-state index in [4.69, 9.17) is 5.11 Å². The van der Waals surface area contributed by atoms with Crippen LogP contribution in [0.15, 0.2) is 22.7 Å². The zero-order valence-electron chi connectivity index (χ0n) is 8.41. The largest absolute Gasteiger partial charge is 0.481 e. The van der Waals surface area contributed by atoms with E-state index in [-0.39, 0.29) is 11.7 Å². The third kappa shape index (κ3) is 1.97. The summed E-state index contributed by atoms with van der Waals surface area (Å²) in [7, 11) is 0. The van der Waals surface area contributed by atoms with Crippen molar-refractivity contribution >= 4 is 21.9 Å². The van der Waals surface area contributed by atoms with Crippen LogP contribution in [0.4, 0.5) is 4.39 Å². The van der Waals surface area contributed by atoms with Crippen LogP contribution in [-0.2, 0) is 4.79 Å². The third-order valence-corrected chi connectivity index (χ3v) is 3.52. The highest BCUT2D eigenvalue weighted by Crippen LogP contribution is 2.32.